The van der Waals surface area contributed by atoms with Crippen molar-refractivity contribution < 1.29 is 4.39 Å². The van der Waals surface area contributed by atoms with Crippen molar-refractivity contribution >= 4 is 12.2 Å². The average Bonchev–Trinajstić information content (AvgIpc) is 2.34. The predicted octanol–water partition coefficient (Wildman–Crippen LogP) is 2.72. The lowest BCUT2D eigenvalue weighted by atomic mass is 10.0. The van der Waals surface area contributed by atoms with Gasteiger partial charge < -0.3 is 4.98 Å². The van der Waals surface area contributed by atoms with Crippen molar-refractivity contribution in [1.82, 2.24) is 9.97 Å². The molecule has 0 saturated heterocycles. The van der Waals surface area contributed by atoms with Crippen LogP contribution < -0.4 is 5.56 Å². The summed E-state index contributed by atoms with van der Waals surface area (Å²) < 4.78 is 13.1. The number of hydrogen-bond donors (Lipinski definition) is 2. The third-order valence-corrected chi connectivity index (χ3v) is 2.98. The molecule has 0 amide bonds. The lowest BCUT2D eigenvalue weighted by Crippen LogP contribution is -2.18. The van der Waals surface area contributed by atoms with Crippen LogP contribution in [0.25, 0.3) is 0 Å². The molecule has 0 saturated carbocycles. The number of aromatic amines is 2. The van der Waals surface area contributed by atoms with Crippen LogP contribution in [0, 0.1) is 10.6 Å². The Morgan fingerprint density at radius 1 is 1.22 bits per heavy atom. The molecule has 0 bridgehead atoms. The smallest absolute Gasteiger partial charge is 0.255 e. The first kappa shape index (κ1) is 12.7. The van der Waals surface area contributed by atoms with E-state index in [9.17, 15) is 9.18 Å². The molecule has 0 radical (unpaired) electrons. The van der Waals surface area contributed by atoms with Gasteiger partial charge in [0.15, 0.2) is 4.77 Å². The highest BCUT2D eigenvalue weighted by molar-refractivity contribution is 7.71. The zero-order valence-corrected chi connectivity index (χ0v) is 10.7. The molecule has 0 spiro atoms. The Labute approximate surface area is 109 Å². The normalized spacial score (nSPS) is 10.6. The molecule has 0 fully saturated rings. The Kier molecular flexibility index (Phi) is 3.72. The van der Waals surface area contributed by atoms with Gasteiger partial charge in [-0.3, -0.25) is 9.78 Å². The van der Waals surface area contributed by atoms with Gasteiger partial charge in [0.05, 0.1) is 0 Å². The lowest BCUT2D eigenvalue weighted by molar-refractivity contribution is 0.627. The van der Waals surface area contributed by atoms with E-state index in [0.29, 0.717) is 23.2 Å². The van der Waals surface area contributed by atoms with Gasteiger partial charge >= 0.3 is 0 Å². The maximum Gasteiger partial charge on any atom is 0.255 e. The van der Waals surface area contributed by atoms with Crippen molar-refractivity contribution in [3.8, 4) is 0 Å². The quantitative estimate of drug-likeness (QED) is 0.837. The number of H-pyrrole nitrogens is 2. The molecule has 18 heavy (non-hydrogen) atoms. The molecule has 0 aliphatic rings. The van der Waals surface area contributed by atoms with E-state index in [2.05, 4.69) is 9.97 Å². The molecule has 3 nitrogen and oxygen atoms in total. The van der Waals surface area contributed by atoms with Gasteiger partial charge in [-0.25, -0.2) is 4.39 Å². The van der Waals surface area contributed by atoms with Crippen LogP contribution in [0.2, 0.25) is 0 Å². The van der Waals surface area contributed by atoms with E-state index in [0.717, 1.165) is 11.3 Å². The van der Waals surface area contributed by atoms with Crippen molar-refractivity contribution in [2.75, 3.05) is 0 Å². The maximum atomic E-state index is 12.8. The summed E-state index contributed by atoms with van der Waals surface area (Å²) in [5.74, 6) is -0.282. The number of nitrogens with one attached hydrogen (secondary N) is 2. The third kappa shape index (κ3) is 2.73. The molecule has 2 rings (SSSR count). The Morgan fingerprint density at radius 3 is 2.50 bits per heavy atom. The molecule has 2 aromatic rings. The fourth-order valence-electron chi connectivity index (χ4n) is 1.85. The largest absolute Gasteiger partial charge is 0.336 e. The first-order chi connectivity index (χ1) is 8.60. The van der Waals surface area contributed by atoms with Crippen LogP contribution in [-0.4, -0.2) is 9.97 Å². The number of benzene rings is 1. The van der Waals surface area contributed by atoms with Crippen LogP contribution in [-0.2, 0) is 12.8 Å². The molecule has 94 valence electrons. The molecular formula is C13H13FN2OS. The molecule has 0 aliphatic carbocycles. The molecular weight excluding hydrogens is 251 g/mol. The molecule has 0 atom stereocenters. The summed E-state index contributed by atoms with van der Waals surface area (Å²) in [6.07, 6.45) is 1.16. The van der Waals surface area contributed by atoms with Crippen molar-refractivity contribution in [1.29, 1.82) is 0 Å². The predicted molar refractivity (Wildman–Crippen MR) is 70.8 cm³/mol. The maximum absolute atomic E-state index is 12.8. The summed E-state index contributed by atoms with van der Waals surface area (Å²) >= 11 is 4.93. The van der Waals surface area contributed by atoms with E-state index >= 15 is 0 Å². The summed E-state index contributed by atoms with van der Waals surface area (Å²) in [6.45, 7) is 1.95. The van der Waals surface area contributed by atoms with E-state index in [-0.39, 0.29) is 11.4 Å². The second kappa shape index (κ2) is 5.27. The Balaban J connectivity index is 2.42. The van der Waals surface area contributed by atoms with Crippen molar-refractivity contribution in [2.24, 2.45) is 0 Å². The third-order valence-electron chi connectivity index (χ3n) is 2.78. The summed E-state index contributed by atoms with van der Waals surface area (Å²) in [7, 11) is 0. The Hall–Kier alpha value is -1.75. The minimum atomic E-state index is -0.282. The molecule has 0 unspecified atom stereocenters. The number of aromatic nitrogens is 2. The summed E-state index contributed by atoms with van der Waals surface area (Å²) in [4.78, 5) is 17.4. The number of halogens is 1. The number of aryl methyl sites for hydroxylation is 1. The molecule has 1 heterocycles. The lowest BCUT2D eigenvalue weighted by Gasteiger charge is -2.06. The Morgan fingerprint density at radius 2 is 1.89 bits per heavy atom. The molecule has 0 aliphatic heterocycles. The molecule has 2 N–H and O–H groups in total. The fraction of sp³-hybridized carbons (Fsp3) is 0.231. The van der Waals surface area contributed by atoms with Crippen LogP contribution in [0.5, 0.6) is 0 Å². The topological polar surface area (TPSA) is 48.6 Å². The second-order valence-corrected chi connectivity index (χ2v) is 4.43. The SMILES string of the molecule is CCc1[nH]c(=S)[nH]c(=O)c1Cc1ccc(F)cc1. The minimum Gasteiger partial charge on any atom is -0.336 e. The Bertz CT molecular complexity index is 658. The van der Waals surface area contributed by atoms with Gasteiger partial charge in [-0.1, -0.05) is 19.1 Å². The van der Waals surface area contributed by atoms with Crippen molar-refractivity contribution in [3.63, 3.8) is 0 Å². The number of rotatable bonds is 3. The van der Waals surface area contributed by atoms with Gasteiger partial charge in [-0.15, -0.1) is 0 Å². The van der Waals surface area contributed by atoms with E-state index in [1.807, 2.05) is 6.92 Å². The zero-order chi connectivity index (χ0) is 13.1. The van der Waals surface area contributed by atoms with Gasteiger partial charge in [0.2, 0.25) is 0 Å². The first-order valence-corrected chi connectivity index (χ1v) is 6.09. The van der Waals surface area contributed by atoms with E-state index in [4.69, 9.17) is 12.2 Å². The summed E-state index contributed by atoms with van der Waals surface area (Å²) in [5, 5.41) is 0. The highest BCUT2D eigenvalue weighted by atomic mass is 32.1. The monoisotopic (exact) mass is 264 g/mol. The summed E-state index contributed by atoms with van der Waals surface area (Å²) in [6, 6.07) is 6.13. The first-order valence-electron chi connectivity index (χ1n) is 5.69. The van der Waals surface area contributed by atoms with Gasteiger partial charge in [0.1, 0.15) is 5.82 Å². The highest BCUT2D eigenvalue weighted by Gasteiger charge is 2.08. The number of hydrogen-bond acceptors (Lipinski definition) is 2. The van der Waals surface area contributed by atoms with Crippen LogP contribution in [0.3, 0.4) is 0 Å². The second-order valence-electron chi connectivity index (χ2n) is 4.02. The molecule has 5 heteroatoms. The molecule has 1 aromatic carbocycles. The van der Waals surface area contributed by atoms with Gasteiger partial charge in [0.25, 0.3) is 5.56 Å². The molecule has 1 aromatic heterocycles. The van der Waals surface area contributed by atoms with Gasteiger partial charge in [-0.05, 0) is 36.3 Å². The van der Waals surface area contributed by atoms with Crippen LogP contribution in [0.15, 0.2) is 29.1 Å². The van der Waals surface area contributed by atoms with Crippen LogP contribution in [0.4, 0.5) is 4.39 Å². The van der Waals surface area contributed by atoms with Crippen molar-refractivity contribution in [3.05, 3.63) is 62.0 Å². The van der Waals surface area contributed by atoms with Crippen molar-refractivity contribution in [2.45, 2.75) is 19.8 Å². The minimum absolute atomic E-state index is 0.181. The summed E-state index contributed by atoms with van der Waals surface area (Å²) in [5.41, 5.74) is 2.19. The van der Waals surface area contributed by atoms with Gasteiger partial charge in [0, 0.05) is 17.7 Å². The highest BCUT2D eigenvalue weighted by Crippen LogP contribution is 2.10. The van der Waals surface area contributed by atoms with Crippen LogP contribution in [0.1, 0.15) is 23.7 Å². The fourth-order valence-corrected chi connectivity index (χ4v) is 2.07. The van der Waals surface area contributed by atoms with E-state index in [1.165, 1.54) is 12.1 Å². The zero-order valence-electron chi connectivity index (χ0n) is 9.92. The average molecular weight is 264 g/mol. The standard InChI is InChI=1S/C13H13FN2OS/c1-2-11-10(12(17)16-13(18)15-11)7-8-3-5-9(14)6-4-8/h3-6H,2,7H2,1H3,(H2,15,16,17,18). The van der Waals surface area contributed by atoms with E-state index < -0.39 is 0 Å². The van der Waals surface area contributed by atoms with Crippen LogP contribution >= 0.6 is 12.2 Å². The van der Waals surface area contributed by atoms with E-state index in [1.54, 1.807) is 12.1 Å². The van der Waals surface area contributed by atoms with Gasteiger partial charge in [-0.2, -0.15) is 0 Å².